The summed E-state index contributed by atoms with van der Waals surface area (Å²) in [6.45, 7) is -0.333. The molecule has 0 heterocycles. The summed E-state index contributed by atoms with van der Waals surface area (Å²) in [7, 11) is 1.28. The molecule has 0 aliphatic rings. The van der Waals surface area contributed by atoms with Gasteiger partial charge in [0.15, 0.2) is 18.3 Å². The summed E-state index contributed by atoms with van der Waals surface area (Å²) in [6, 6.07) is 32.6. The van der Waals surface area contributed by atoms with Gasteiger partial charge < -0.3 is 23.8 Å². The highest BCUT2D eigenvalue weighted by Gasteiger charge is 2.42. The molecule has 0 aromatic heterocycles. The van der Waals surface area contributed by atoms with Crippen molar-refractivity contribution >= 4 is 46.0 Å². The van der Waals surface area contributed by atoms with Crippen LogP contribution in [0.4, 0.5) is 0 Å². The highest BCUT2D eigenvalue weighted by atomic mass is 79.9. The Labute approximate surface area is 274 Å². The van der Waals surface area contributed by atoms with Crippen molar-refractivity contribution in [2.45, 2.75) is 23.1 Å². The summed E-state index contributed by atoms with van der Waals surface area (Å²) in [5.41, 5.74) is 0.884. The second kappa shape index (κ2) is 17.3. The number of nitrogens with zero attached hydrogens (tertiary/aromatic N) is 1. The van der Waals surface area contributed by atoms with Crippen molar-refractivity contribution in [2.75, 3.05) is 13.7 Å². The average molecular weight is 689 g/mol. The van der Waals surface area contributed by atoms with E-state index in [1.54, 1.807) is 109 Å². The second-order valence-electron chi connectivity index (χ2n) is 9.63. The largest absolute Gasteiger partial charge is 0.461 e. The number of benzene rings is 4. The Morgan fingerprint density at radius 1 is 0.587 bits per heavy atom. The molecule has 4 aromatic carbocycles. The maximum absolute atomic E-state index is 13.4. The highest BCUT2D eigenvalue weighted by Crippen LogP contribution is 2.25. The van der Waals surface area contributed by atoms with Crippen molar-refractivity contribution in [3.05, 3.63) is 144 Å². The van der Waals surface area contributed by atoms with E-state index in [2.05, 4.69) is 21.1 Å². The van der Waals surface area contributed by atoms with Crippen LogP contribution in [-0.4, -0.2) is 66.9 Å². The van der Waals surface area contributed by atoms with Gasteiger partial charge in [0, 0.05) is 0 Å². The zero-order valence-electron chi connectivity index (χ0n) is 24.6. The number of alkyl halides is 1. The smallest absolute Gasteiger partial charge is 0.338 e. The normalized spacial score (nSPS) is 13.4. The van der Waals surface area contributed by atoms with Crippen LogP contribution in [0.5, 0.6) is 0 Å². The molecule has 4 atom stereocenters. The molecule has 11 heteroatoms. The molecule has 0 saturated carbocycles. The molecule has 0 N–H and O–H groups in total. The first kappa shape index (κ1) is 33.6. The fourth-order valence-electron chi connectivity index (χ4n) is 4.18. The fraction of sp³-hybridized carbons (Fsp3) is 0.171. The topological polar surface area (TPSA) is 127 Å². The lowest BCUT2D eigenvalue weighted by atomic mass is 10.0. The Morgan fingerprint density at radius 2 is 0.957 bits per heavy atom. The summed E-state index contributed by atoms with van der Waals surface area (Å²) in [6.07, 6.45) is -3.26. The van der Waals surface area contributed by atoms with E-state index < -0.39 is 47.0 Å². The van der Waals surface area contributed by atoms with E-state index in [0.29, 0.717) is 5.56 Å². The van der Waals surface area contributed by atoms with Crippen molar-refractivity contribution < 1.29 is 43.0 Å². The van der Waals surface area contributed by atoms with Gasteiger partial charge in [-0.05, 0) is 48.5 Å². The lowest BCUT2D eigenvalue weighted by Crippen LogP contribution is -2.51. The number of carbonyl (C=O) groups excluding carboxylic acids is 4. The molecule has 0 aliphatic carbocycles. The summed E-state index contributed by atoms with van der Waals surface area (Å²) in [5, 5.41) is 3.78. The third-order valence-corrected chi connectivity index (χ3v) is 7.24. The van der Waals surface area contributed by atoms with Gasteiger partial charge in [0.1, 0.15) is 13.7 Å². The molecular formula is C35H30BrNO9. The van der Waals surface area contributed by atoms with E-state index in [-0.39, 0.29) is 23.3 Å². The lowest BCUT2D eigenvalue weighted by molar-refractivity contribution is -0.0734. The zero-order valence-corrected chi connectivity index (χ0v) is 26.2. The van der Waals surface area contributed by atoms with Crippen molar-refractivity contribution in [3.63, 3.8) is 0 Å². The molecule has 10 nitrogen and oxygen atoms in total. The van der Waals surface area contributed by atoms with E-state index in [1.807, 2.05) is 0 Å². The summed E-state index contributed by atoms with van der Waals surface area (Å²) in [4.78, 5) is 56.8. The number of hydrogen-bond donors (Lipinski definition) is 0. The monoisotopic (exact) mass is 687 g/mol. The highest BCUT2D eigenvalue weighted by molar-refractivity contribution is 9.09. The van der Waals surface area contributed by atoms with E-state index >= 15 is 0 Å². The van der Waals surface area contributed by atoms with Crippen LogP contribution in [0, 0.1) is 0 Å². The minimum atomic E-state index is -1.52. The van der Waals surface area contributed by atoms with Crippen molar-refractivity contribution in [2.24, 2.45) is 5.16 Å². The molecule has 236 valence electrons. The summed E-state index contributed by atoms with van der Waals surface area (Å²) < 4.78 is 23.2. The SMILES string of the molecule is CO/N=C/[C@@H](OC(=O)c1ccccc1)[C@@H](OC(=O)c1ccccc1)[C@H](OC(=O)c1ccccc1)[C@@H](Br)COC(=O)c1ccccc1. The molecule has 0 saturated heterocycles. The van der Waals surface area contributed by atoms with Gasteiger partial charge in [-0.15, -0.1) is 0 Å². The van der Waals surface area contributed by atoms with Crippen LogP contribution in [0.1, 0.15) is 41.4 Å². The molecule has 0 bridgehead atoms. The van der Waals surface area contributed by atoms with E-state index in [0.717, 1.165) is 6.21 Å². The molecule has 0 aliphatic heterocycles. The van der Waals surface area contributed by atoms with Crippen molar-refractivity contribution in [1.82, 2.24) is 0 Å². The predicted octanol–water partition coefficient (Wildman–Crippen LogP) is 5.92. The lowest BCUT2D eigenvalue weighted by Gasteiger charge is -2.33. The Bertz CT molecular complexity index is 1600. The number of rotatable bonds is 14. The Morgan fingerprint density at radius 3 is 1.37 bits per heavy atom. The van der Waals surface area contributed by atoms with Crippen LogP contribution in [-0.2, 0) is 23.8 Å². The molecule has 4 rings (SSSR count). The minimum absolute atomic E-state index is 0.180. The van der Waals surface area contributed by atoms with E-state index in [4.69, 9.17) is 23.8 Å². The quantitative estimate of drug-likeness (QED) is 0.0522. The van der Waals surface area contributed by atoms with Gasteiger partial charge in [-0.2, -0.15) is 0 Å². The number of carbonyl (C=O) groups is 4. The number of oxime groups is 1. The molecule has 4 aromatic rings. The van der Waals surface area contributed by atoms with Crippen LogP contribution in [0.3, 0.4) is 0 Å². The Kier molecular flexibility index (Phi) is 12.6. The number of hydrogen-bond acceptors (Lipinski definition) is 10. The van der Waals surface area contributed by atoms with Crippen molar-refractivity contribution in [1.29, 1.82) is 0 Å². The first-order valence-electron chi connectivity index (χ1n) is 14.1. The zero-order chi connectivity index (χ0) is 32.7. The first-order valence-corrected chi connectivity index (χ1v) is 15.0. The molecule has 0 amide bonds. The molecule has 46 heavy (non-hydrogen) atoms. The van der Waals surface area contributed by atoms with Gasteiger partial charge >= 0.3 is 23.9 Å². The van der Waals surface area contributed by atoms with Gasteiger partial charge in [0.25, 0.3) is 0 Å². The standard InChI is InChI=1S/C35H30BrNO9/c1-42-37-22-29(44-33(39)25-16-8-3-9-17-25)31(46-35(41)27-20-12-5-13-21-27)30(45-34(40)26-18-10-4-11-19-26)28(36)23-43-32(38)24-14-6-2-7-15-24/h2-22,28-31H,23H2,1H3/b37-22+/t28-,29+,30+,31+/m0/s1. The van der Waals surface area contributed by atoms with Gasteiger partial charge in [0.05, 0.1) is 33.3 Å². The molecule has 0 fully saturated rings. The minimum Gasteiger partial charge on any atom is -0.461 e. The Balaban J connectivity index is 1.73. The van der Waals surface area contributed by atoms with Crippen LogP contribution in [0.25, 0.3) is 0 Å². The summed E-state index contributed by atoms with van der Waals surface area (Å²) >= 11 is 3.48. The molecular weight excluding hydrogens is 658 g/mol. The molecule has 0 radical (unpaired) electrons. The van der Waals surface area contributed by atoms with Gasteiger partial charge in [-0.3, -0.25) is 0 Å². The van der Waals surface area contributed by atoms with Crippen LogP contribution < -0.4 is 0 Å². The summed E-state index contributed by atoms with van der Waals surface area (Å²) in [5.74, 6) is -2.99. The van der Waals surface area contributed by atoms with E-state index in [9.17, 15) is 19.2 Å². The van der Waals surface area contributed by atoms with Crippen LogP contribution in [0.2, 0.25) is 0 Å². The molecule has 0 spiro atoms. The first-order chi connectivity index (χ1) is 22.4. The van der Waals surface area contributed by atoms with Crippen LogP contribution in [0.15, 0.2) is 126 Å². The number of esters is 4. The third kappa shape index (κ3) is 9.60. The average Bonchev–Trinajstić information content (AvgIpc) is 3.11. The Hall–Kier alpha value is -5.29. The van der Waals surface area contributed by atoms with Gasteiger partial charge in [-0.1, -0.05) is 93.9 Å². The van der Waals surface area contributed by atoms with Crippen molar-refractivity contribution in [3.8, 4) is 0 Å². The van der Waals surface area contributed by atoms with Gasteiger partial charge in [0.2, 0.25) is 0 Å². The van der Waals surface area contributed by atoms with Gasteiger partial charge in [-0.25, -0.2) is 19.2 Å². The second-order valence-corrected chi connectivity index (χ2v) is 10.8. The fourth-order valence-corrected chi connectivity index (χ4v) is 4.72. The van der Waals surface area contributed by atoms with E-state index in [1.165, 1.54) is 19.2 Å². The molecule has 0 unspecified atom stereocenters. The van der Waals surface area contributed by atoms with Crippen LogP contribution >= 0.6 is 15.9 Å². The maximum atomic E-state index is 13.4. The number of ether oxygens (including phenoxy) is 4. The predicted molar refractivity (Wildman–Crippen MR) is 172 cm³/mol. The third-order valence-electron chi connectivity index (χ3n) is 6.46. The maximum Gasteiger partial charge on any atom is 0.338 e. The number of halogens is 1.